The van der Waals surface area contributed by atoms with Crippen LogP contribution in [0.25, 0.3) is 0 Å². The highest BCUT2D eigenvalue weighted by Crippen LogP contribution is 2.29. The number of hydrogen-bond donors (Lipinski definition) is 0. The number of amides is 2. The highest BCUT2D eigenvalue weighted by atomic mass is 35.5. The summed E-state index contributed by atoms with van der Waals surface area (Å²) >= 11 is 6.04. The molecule has 0 atom stereocenters. The number of anilines is 1. The molecule has 0 saturated heterocycles. The van der Waals surface area contributed by atoms with E-state index in [0.717, 1.165) is 49.3 Å². The number of carbonyl (C=O) groups excluding carboxylic acids is 2. The monoisotopic (exact) mass is 584 g/mol. The molecule has 6 nitrogen and oxygen atoms in total. The highest BCUT2D eigenvalue weighted by molar-refractivity contribution is 6.30. The Balaban J connectivity index is 1.52. The van der Waals surface area contributed by atoms with Gasteiger partial charge in [0.05, 0.1) is 10.7 Å². The smallest absolute Gasteiger partial charge is 0.272 e. The minimum Gasteiger partial charge on any atom is -0.333 e. The van der Waals surface area contributed by atoms with Gasteiger partial charge in [-0.1, -0.05) is 60.1 Å². The standard InChI is InChI=1S/C34H34ClFN4O2/c1-25-8-5-11-28-24-39(34(42)31-17-14-29(35)22-37-31)20-6-18-38(23-26-9-3-2-4-10-26)19-7-21-40(32(25)28)33(41)27-12-15-30(36)16-13-27/h2-5,8-17,22H,6-7,18-21,23-24H2,1H3. The number of carbonyl (C=O) groups is 2. The molecule has 5 rings (SSSR count). The SMILES string of the molecule is Cc1cccc2c1N(C(=O)c1ccc(F)cc1)CCCN(Cc1ccccc1)CCCN(C(=O)c1ccc(Cl)cn1)C2. The predicted octanol–water partition coefficient (Wildman–Crippen LogP) is 6.77. The van der Waals surface area contributed by atoms with Gasteiger partial charge in [0.1, 0.15) is 11.5 Å². The molecule has 2 amide bonds. The predicted molar refractivity (Wildman–Crippen MR) is 164 cm³/mol. The van der Waals surface area contributed by atoms with E-state index in [1.165, 1.54) is 36.0 Å². The van der Waals surface area contributed by atoms with Gasteiger partial charge in [0.25, 0.3) is 11.8 Å². The summed E-state index contributed by atoms with van der Waals surface area (Å²) in [7, 11) is 0. The van der Waals surface area contributed by atoms with Crippen molar-refractivity contribution >= 4 is 29.1 Å². The zero-order chi connectivity index (χ0) is 29.5. The van der Waals surface area contributed by atoms with E-state index in [4.69, 9.17) is 11.6 Å². The van der Waals surface area contributed by atoms with Crippen LogP contribution >= 0.6 is 11.6 Å². The molecule has 42 heavy (non-hydrogen) atoms. The van der Waals surface area contributed by atoms with Crippen LogP contribution < -0.4 is 4.90 Å². The molecule has 3 aromatic carbocycles. The number of nitrogens with zero attached hydrogens (tertiary/aromatic N) is 4. The van der Waals surface area contributed by atoms with Crippen LogP contribution in [0.15, 0.2) is 91.1 Å². The van der Waals surface area contributed by atoms with Crippen LogP contribution in [0.5, 0.6) is 0 Å². The van der Waals surface area contributed by atoms with Crippen LogP contribution in [0.1, 0.15) is 50.4 Å². The quantitative estimate of drug-likeness (QED) is 0.266. The lowest BCUT2D eigenvalue weighted by molar-refractivity contribution is 0.0728. The molecular weight excluding hydrogens is 551 g/mol. The molecule has 0 radical (unpaired) electrons. The Hall–Kier alpha value is -4.07. The van der Waals surface area contributed by atoms with E-state index in [1.807, 2.05) is 43.3 Å². The fraction of sp³-hybridized carbons (Fsp3) is 0.265. The summed E-state index contributed by atoms with van der Waals surface area (Å²) in [5.41, 5.74) is 4.53. The second-order valence-electron chi connectivity index (χ2n) is 10.6. The van der Waals surface area contributed by atoms with Gasteiger partial charge in [0.15, 0.2) is 0 Å². The Morgan fingerprint density at radius 3 is 2.29 bits per heavy atom. The summed E-state index contributed by atoms with van der Waals surface area (Å²) in [6, 6.07) is 25.2. The van der Waals surface area contributed by atoms with E-state index in [9.17, 15) is 14.0 Å². The Morgan fingerprint density at radius 1 is 0.833 bits per heavy atom. The lowest BCUT2D eigenvalue weighted by atomic mass is 10.0. The molecule has 0 unspecified atom stereocenters. The van der Waals surface area contributed by atoms with Crippen molar-refractivity contribution in [2.24, 2.45) is 0 Å². The maximum Gasteiger partial charge on any atom is 0.272 e. The molecule has 8 heteroatoms. The fourth-order valence-electron chi connectivity index (χ4n) is 5.47. The zero-order valence-corrected chi connectivity index (χ0v) is 24.4. The Bertz CT molecular complexity index is 1510. The third-order valence-electron chi connectivity index (χ3n) is 7.53. The van der Waals surface area contributed by atoms with E-state index in [2.05, 4.69) is 22.0 Å². The number of rotatable bonds is 4. The normalized spacial score (nSPS) is 14.9. The maximum atomic E-state index is 14.0. The van der Waals surface area contributed by atoms with Crippen molar-refractivity contribution < 1.29 is 14.0 Å². The summed E-state index contributed by atoms with van der Waals surface area (Å²) in [4.78, 5) is 38.0. The number of aromatic nitrogens is 1. The first kappa shape index (κ1) is 29.4. The van der Waals surface area contributed by atoms with Crippen molar-refractivity contribution in [2.75, 3.05) is 31.1 Å². The molecule has 2 heterocycles. The minimum absolute atomic E-state index is 0.192. The first-order valence-corrected chi connectivity index (χ1v) is 14.6. The second-order valence-corrected chi connectivity index (χ2v) is 11.0. The Kier molecular flexibility index (Phi) is 9.62. The molecule has 216 valence electrons. The van der Waals surface area contributed by atoms with Gasteiger partial charge < -0.3 is 9.80 Å². The van der Waals surface area contributed by atoms with Crippen LogP contribution in [-0.2, 0) is 13.1 Å². The molecular formula is C34H34ClFN4O2. The topological polar surface area (TPSA) is 56.8 Å². The van der Waals surface area contributed by atoms with Crippen molar-refractivity contribution in [1.82, 2.24) is 14.8 Å². The van der Waals surface area contributed by atoms with Crippen LogP contribution in [0, 0.1) is 12.7 Å². The Labute approximate surface area is 251 Å². The summed E-state index contributed by atoms with van der Waals surface area (Å²) in [6.45, 7) is 5.63. The van der Waals surface area contributed by atoms with Crippen molar-refractivity contribution in [3.8, 4) is 0 Å². The number of pyridine rings is 1. The number of aryl methyl sites for hydroxylation is 1. The number of halogens is 2. The van der Waals surface area contributed by atoms with Gasteiger partial charge >= 0.3 is 0 Å². The molecule has 1 aliphatic rings. The molecule has 1 aromatic heterocycles. The van der Waals surface area contributed by atoms with Gasteiger partial charge in [-0.2, -0.15) is 0 Å². The summed E-state index contributed by atoms with van der Waals surface area (Å²) in [5.74, 6) is -0.782. The van der Waals surface area contributed by atoms with Gasteiger partial charge in [-0.3, -0.25) is 14.5 Å². The zero-order valence-electron chi connectivity index (χ0n) is 23.7. The van der Waals surface area contributed by atoms with Crippen LogP contribution in [0.3, 0.4) is 0 Å². The first-order valence-electron chi connectivity index (χ1n) is 14.2. The molecule has 1 aliphatic heterocycles. The van der Waals surface area contributed by atoms with Crippen LogP contribution in [0.2, 0.25) is 5.02 Å². The van der Waals surface area contributed by atoms with Gasteiger partial charge in [-0.05, 0) is 72.9 Å². The van der Waals surface area contributed by atoms with Crippen molar-refractivity contribution in [1.29, 1.82) is 0 Å². The van der Waals surface area contributed by atoms with Crippen LogP contribution in [0.4, 0.5) is 10.1 Å². The average molecular weight is 585 g/mol. The van der Waals surface area contributed by atoms with Crippen molar-refractivity contribution in [2.45, 2.75) is 32.9 Å². The lowest BCUT2D eigenvalue weighted by Crippen LogP contribution is -2.39. The molecule has 0 N–H and O–H groups in total. The molecule has 0 aliphatic carbocycles. The lowest BCUT2D eigenvalue weighted by Gasteiger charge is -2.32. The fourth-order valence-corrected chi connectivity index (χ4v) is 5.58. The van der Waals surface area contributed by atoms with E-state index < -0.39 is 5.82 Å². The van der Waals surface area contributed by atoms with Gasteiger partial charge in [0, 0.05) is 51.0 Å². The molecule has 4 aromatic rings. The van der Waals surface area contributed by atoms with E-state index in [1.54, 1.807) is 21.9 Å². The van der Waals surface area contributed by atoms with E-state index >= 15 is 0 Å². The van der Waals surface area contributed by atoms with Crippen molar-refractivity contribution in [3.05, 3.63) is 130 Å². The number of hydrogen-bond acceptors (Lipinski definition) is 4. The first-order chi connectivity index (χ1) is 20.4. The Morgan fingerprint density at radius 2 is 1.57 bits per heavy atom. The van der Waals surface area contributed by atoms with Gasteiger partial charge in [0.2, 0.25) is 0 Å². The largest absolute Gasteiger partial charge is 0.333 e. The summed E-state index contributed by atoms with van der Waals surface area (Å²) in [5, 5.41) is 0.465. The summed E-state index contributed by atoms with van der Waals surface area (Å²) < 4.78 is 13.7. The molecule has 0 fully saturated rings. The second kappa shape index (κ2) is 13.7. The average Bonchev–Trinajstić information content (AvgIpc) is 2.99. The minimum atomic E-state index is -0.390. The van der Waals surface area contributed by atoms with E-state index in [0.29, 0.717) is 35.9 Å². The molecule has 0 spiro atoms. The summed E-state index contributed by atoms with van der Waals surface area (Å²) in [6.07, 6.45) is 3.02. The van der Waals surface area contributed by atoms with Gasteiger partial charge in [-0.15, -0.1) is 0 Å². The van der Waals surface area contributed by atoms with Gasteiger partial charge in [-0.25, -0.2) is 9.37 Å². The third kappa shape index (κ3) is 7.22. The third-order valence-corrected chi connectivity index (χ3v) is 7.75. The van der Waals surface area contributed by atoms with E-state index in [-0.39, 0.29) is 11.8 Å². The maximum absolute atomic E-state index is 14.0. The van der Waals surface area contributed by atoms with Crippen LogP contribution in [-0.4, -0.2) is 52.8 Å². The van der Waals surface area contributed by atoms with Crippen molar-refractivity contribution in [3.63, 3.8) is 0 Å². The number of para-hydroxylation sites is 1. The highest BCUT2D eigenvalue weighted by Gasteiger charge is 2.26. The molecule has 0 bridgehead atoms. The number of fused-ring (bicyclic) bond motifs is 1. The molecule has 0 saturated carbocycles. The number of benzene rings is 3.